The minimum atomic E-state index is -0.757. The monoisotopic (exact) mass is 339 g/mol. The van der Waals surface area contributed by atoms with E-state index in [1.165, 1.54) is 24.6 Å². The van der Waals surface area contributed by atoms with E-state index in [-0.39, 0.29) is 12.6 Å². The van der Waals surface area contributed by atoms with Crippen LogP contribution in [0.15, 0.2) is 36.7 Å². The summed E-state index contributed by atoms with van der Waals surface area (Å²) in [5.74, 6) is -1.50. The molecule has 1 atom stereocenters. The number of halogens is 1. The van der Waals surface area contributed by atoms with Gasteiger partial charge in [0.1, 0.15) is 6.10 Å². The van der Waals surface area contributed by atoms with Crippen molar-refractivity contribution in [3.05, 3.63) is 45.9 Å². The number of methoxy groups -OCH3 is 1. The van der Waals surface area contributed by atoms with Crippen LogP contribution in [0.2, 0.25) is 4.34 Å². The lowest BCUT2D eigenvalue weighted by Gasteiger charge is -2.14. The van der Waals surface area contributed by atoms with Crippen LogP contribution in [-0.2, 0) is 14.3 Å². The first-order valence-corrected chi connectivity index (χ1v) is 7.57. The van der Waals surface area contributed by atoms with Crippen LogP contribution in [0.1, 0.15) is 11.0 Å². The zero-order chi connectivity index (χ0) is 15.9. The Kier molecular flexibility index (Phi) is 5.88. The zero-order valence-electron chi connectivity index (χ0n) is 11.7. The van der Waals surface area contributed by atoms with Crippen LogP contribution < -0.4 is 10.6 Å². The largest absolute Gasteiger partial charge is 0.374 e. The number of thiophene rings is 1. The van der Waals surface area contributed by atoms with Gasteiger partial charge in [0, 0.05) is 24.7 Å². The van der Waals surface area contributed by atoms with E-state index in [0.717, 1.165) is 4.88 Å². The van der Waals surface area contributed by atoms with Crippen LogP contribution in [-0.4, -0.2) is 30.5 Å². The van der Waals surface area contributed by atoms with E-state index >= 15 is 0 Å². The molecule has 0 aliphatic heterocycles. The molecule has 2 heterocycles. The molecule has 2 aromatic heterocycles. The standard InChI is InChI=1S/C14H14ClN3O3S/c1-21-10(11-4-5-12(15)22-11)8-17-13(19)14(20)18-9-3-2-6-16-7-9/h2-7,10H,8H2,1H3,(H,17,19)(H,18,20)/t10-/m0/s1. The lowest BCUT2D eigenvalue weighted by Crippen LogP contribution is -2.37. The maximum Gasteiger partial charge on any atom is 0.313 e. The van der Waals surface area contributed by atoms with E-state index in [1.807, 2.05) is 6.07 Å². The number of ether oxygens (including phenoxy) is 1. The number of carbonyl (C=O) groups excluding carboxylic acids is 2. The Balaban J connectivity index is 1.87. The topological polar surface area (TPSA) is 80.3 Å². The summed E-state index contributed by atoms with van der Waals surface area (Å²) >= 11 is 7.23. The Morgan fingerprint density at radius 3 is 2.77 bits per heavy atom. The molecule has 8 heteroatoms. The van der Waals surface area contributed by atoms with Crippen molar-refractivity contribution in [2.75, 3.05) is 19.0 Å². The molecular weight excluding hydrogens is 326 g/mol. The molecule has 0 aliphatic carbocycles. The van der Waals surface area contributed by atoms with Crippen LogP contribution in [0.5, 0.6) is 0 Å². The summed E-state index contributed by atoms with van der Waals surface area (Å²) in [4.78, 5) is 28.3. The van der Waals surface area contributed by atoms with Crippen molar-refractivity contribution in [2.24, 2.45) is 0 Å². The van der Waals surface area contributed by atoms with Gasteiger partial charge in [0.2, 0.25) is 0 Å². The fraction of sp³-hybridized carbons (Fsp3) is 0.214. The molecule has 0 aromatic carbocycles. The maximum absolute atomic E-state index is 11.8. The molecular formula is C14H14ClN3O3S. The molecule has 0 radical (unpaired) electrons. The molecule has 0 aliphatic rings. The second-order valence-electron chi connectivity index (χ2n) is 4.27. The van der Waals surface area contributed by atoms with Crippen molar-refractivity contribution in [1.82, 2.24) is 10.3 Å². The molecule has 0 saturated heterocycles. The molecule has 0 fully saturated rings. The second kappa shape index (κ2) is 7.88. The predicted octanol–water partition coefficient (Wildman–Crippen LogP) is 2.24. The molecule has 2 aromatic rings. The van der Waals surface area contributed by atoms with E-state index in [1.54, 1.807) is 24.4 Å². The van der Waals surface area contributed by atoms with Crippen LogP contribution in [0.25, 0.3) is 0 Å². The quantitative estimate of drug-likeness (QED) is 0.819. The Morgan fingerprint density at radius 1 is 1.36 bits per heavy atom. The fourth-order valence-electron chi connectivity index (χ4n) is 1.69. The van der Waals surface area contributed by atoms with Crippen molar-refractivity contribution in [2.45, 2.75) is 6.10 Å². The number of hydrogen-bond acceptors (Lipinski definition) is 5. The summed E-state index contributed by atoms with van der Waals surface area (Å²) < 4.78 is 5.93. The average Bonchev–Trinajstić information content (AvgIpc) is 2.95. The Hall–Kier alpha value is -1.96. The van der Waals surface area contributed by atoms with Crippen LogP contribution in [0, 0.1) is 0 Å². The number of hydrogen-bond donors (Lipinski definition) is 2. The first-order valence-electron chi connectivity index (χ1n) is 6.37. The molecule has 2 rings (SSSR count). The molecule has 0 saturated carbocycles. The first kappa shape index (κ1) is 16.4. The highest BCUT2D eigenvalue weighted by Gasteiger charge is 2.18. The minimum Gasteiger partial charge on any atom is -0.374 e. The summed E-state index contributed by atoms with van der Waals surface area (Å²) in [5, 5.41) is 4.98. The summed E-state index contributed by atoms with van der Waals surface area (Å²) in [6, 6.07) is 6.88. The predicted molar refractivity (Wildman–Crippen MR) is 85.0 cm³/mol. The SMILES string of the molecule is CO[C@@H](CNC(=O)C(=O)Nc1cccnc1)c1ccc(Cl)s1. The molecule has 0 spiro atoms. The van der Waals surface area contributed by atoms with Crippen molar-refractivity contribution < 1.29 is 14.3 Å². The molecule has 0 unspecified atom stereocenters. The number of nitrogens with one attached hydrogen (secondary N) is 2. The van der Waals surface area contributed by atoms with Crippen molar-refractivity contribution in [1.29, 1.82) is 0 Å². The van der Waals surface area contributed by atoms with Gasteiger partial charge in [-0.05, 0) is 24.3 Å². The van der Waals surface area contributed by atoms with Crippen LogP contribution in [0.3, 0.4) is 0 Å². The first-order chi connectivity index (χ1) is 10.6. The molecule has 2 N–H and O–H groups in total. The average molecular weight is 340 g/mol. The number of rotatable bonds is 5. The van der Waals surface area contributed by atoms with Gasteiger partial charge in [-0.25, -0.2) is 0 Å². The van der Waals surface area contributed by atoms with Gasteiger partial charge >= 0.3 is 11.8 Å². The highest BCUT2D eigenvalue weighted by atomic mass is 35.5. The molecule has 0 bridgehead atoms. The van der Waals surface area contributed by atoms with Gasteiger partial charge in [0.05, 0.1) is 16.2 Å². The highest BCUT2D eigenvalue weighted by molar-refractivity contribution is 7.16. The highest BCUT2D eigenvalue weighted by Crippen LogP contribution is 2.28. The van der Waals surface area contributed by atoms with E-state index in [9.17, 15) is 9.59 Å². The summed E-state index contributed by atoms with van der Waals surface area (Å²) in [6.07, 6.45) is 2.68. The third-order valence-corrected chi connectivity index (χ3v) is 4.09. The van der Waals surface area contributed by atoms with Gasteiger partial charge in [-0.1, -0.05) is 11.6 Å². The smallest absolute Gasteiger partial charge is 0.313 e. The second-order valence-corrected chi connectivity index (χ2v) is 6.02. The van der Waals surface area contributed by atoms with Gasteiger partial charge in [-0.15, -0.1) is 11.3 Å². The summed E-state index contributed by atoms with van der Waals surface area (Å²) in [5.41, 5.74) is 0.455. The van der Waals surface area contributed by atoms with Crippen molar-refractivity contribution in [3.8, 4) is 0 Å². The van der Waals surface area contributed by atoms with Crippen molar-refractivity contribution in [3.63, 3.8) is 0 Å². The van der Waals surface area contributed by atoms with E-state index in [2.05, 4.69) is 15.6 Å². The molecule has 22 heavy (non-hydrogen) atoms. The summed E-state index contributed by atoms with van der Waals surface area (Å²) in [7, 11) is 1.53. The lowest BCUT2D eigenvalue weighted by atomic mass is 10.3. The third-order valence-electron chi connectivity index (χ3n) is 2.77. The molecule has 116 valence electrons. The lowest BCUT2D eigenvalue weighted by molar-refractivity contribution is -0.136. The Morgan fingerprint density at radius 2 is 2.18 bits per heavy atom. The fourth-order valence-corrected chi connectivity index (χ4v) is 2.83. The number of amides is 2. The van der Waals surface area contributed by atoms with Crippen molar-refractivity contribution >= 4 is 40.4 Å². The van der Waals surface area contributed by atoms with Gasteiger partial charge in [0.15, 0.2) is 0 Å². The Labute approximate surface area is 136 Å². The van der Waals surface area contributed by atoms with E-state index in [0.29, 0.717) is 10.0 Å². The third kappa shape index (κ3) is 4.52. The number of pyridine rings is 1. The Bertz CT molecular complexity index is 648. The van der Waals surface area contributed by atoms with E-state index in [4.69, 9.17) is 16.3 Å². The van der Waals surface area contributed by atoms with Gasteiger partial charge in [-0.2, -0.15) is 0 Å². The zero-order valence-corrected chi connectivity index (χ0v) is 13.3. The summed E-state index contributed by atoms with van der Waals surface area (Å²) in [6.45, 7) is 0.173. The van der Waals surface area contributed by atoms with Gasteiger partial charge in [-0.3, -0.25) is 14.6 Å². The van der Waals surface area contributed by atoms with Crippen LogP contribution >= 0.6 is 22.9 Å². The maximum atomic E-state index is 11.8. The van der Waals surface area contributed by atoms with Gasteiger partial charge in [0.25, 0.3) is 0 Å². The van der Waals surface area contributed by atoms with Gasteiger partial charge < -0.3 is 15.4 Å². The number of anilines is 1. The molecule has 6 nitrogen and oxygen atoms in total. The van der Waals surface area contributed by atoms with Crippen LogP contribution in [0.4, 0.5) is 5.69 Å². The number of carbonyl (C=O) groups is 2. The number of nitrogens with zero attached hydrogens (tertiary/aromatic N) is 1. The normalized spacial score (nSPS) is 11.7. The number of aromatic nitrogens is 1. The molecule has 2 amide bonds. The minimum absolute atomic E-state index is 0.173. The van der Waals surface area contributed by atoms with E-state index < -0.39 is 11.8 Å².